The number of carbonyl (C=O) groups is 3. The molecule has 0 aliphatic rings. The highest BCUT2D eigenvalue weighted by atomic mass is 16.4. The number of aromatic nitrogens is 1. The zero-order valence-corrected chi connectivity index (χ0v) is 15.0. The Hall–Kier alpha value is -3.24. The van der Waals surface area contributed by atoms with Gasteiger partial charge in [-0.15, -0.1) is 0 Å². The Labute approximate surface area is 160 Å². The van der Waals surface area contributed by atoms with Crippen LogP contribution in [-0.2, 0) is 20.9 Å². The Bertz CT molecular complexity index is 855. The molecular weight excluding hydrogens is 370 g/mol. The molecule has 0 atom stereocenters. The summed E-state index contributed by atoms with van der Waals surface area (Å²) in [7, 11) is 0. The first-order valence-electron chi connectivity index (χ1n) is 8.42. The lowest BCUT2D eigenvalue weighted by molar-refractivity contribution is -0.143. The van der Waals surface area contributed by atoms with Crippen LogP contribution in [0.15, 0.2) is 30.3 Å². The third-order valence-electron chi connectivity index (χ3n) is 3.95. The molecule has 0 aliphatic carbocycles. The van der Waals surface area contributed by atoms with Crippen molar-refractivity contribution in [1.82, 2.24) is 14.8 Å². The van der Waals surface area contributed by atoms with Gasteiger partial charge in [-0.2, -0.15) is 0 Å². The van der Waals surface area contributed by atoms with Crippen LogP contribution < -0.4 is 0 Å². The van der Waals surface area contributed by atoms with E-state index in [1.54, 1.807) is 24.3 Å². The van der Waals surface area contributed by atoms with Gasteiger partial charge in [-0.3, -0.25) is 24.2 Å². The highest BCUT2D eigenvalue weighted by Crippen LogP contribution is 2.22. The van der Waals surface area contributed by atoms with Gasteiger partial charge in [-0.1, -0.05) is 18.2 Å². The van der Waals surface area contributed by atoms with E-state index in [-0.39, 0.29) is 31.9 Å². The van der Waals surface area contributed by atoms with Crippen LogP contribution >= 0.6 is 0 Å². The monoisotopic (exact) mass is 391 g/mol. The van der Waals surface area contributed by atoms with Crippen molar-refractivity contribution in [2.24, 2.45) is 0 Å². The van der Waals surface area contributed by atoms with Crippen molar-refractivity contribution in [3.05, 3.63) is 36.0 Å². The first-order chi connectivity index (χ1) is 13.2. The number of phenols is 1. The summed E-state index contributed by atoms with van der Waals surface area (Å²) in [6, 6.07) is 8.45. The van der Waals surface area contributed by atoms with Crippen LogP contribution in [0.2, 0.25) is 0 Å². The van der Waals surface area contributed by atoms with E-state index < -0.39 is 31.0 Å². The number of rotatable bonds is 11. The van der Waals surface area contributed by atoms with E-state index in [4.69, 9.17) is 15.3 Å². The number of nitrogens with zero attached hydrogens (tertiary/aromatic N) is 3. The number of hydrogen-bond donors (Lipinski definition) is 4. The molecule has 2 rings (SSSR count). The topological polar surface area (TPSA) is 152 Å². The Morgan fingerprint density at radius 3 is 2.00 bits per heavy atom. The number of phenolic OH excluding ortho intramolecular Hbond substituents is 1. The molecule has 4 N–H and O–H groups in total. The highest BCUT2D eigenvalue weighted by molar-refractivity contribution is 5.84. The zero-order valence-electron chi connectivity index (χ0n) is 15.0. The van der Waals surface area contributed by atoms with Gasteiger partial charge in [0.15, 0.2) is 0 Å². The van der Waals surface area contributed by atoms with Crippen LogP contribution in [0.5, 0.6) is 5.75 Å². The van der Waals surface area contributed by atoms with Crippen molar-refractivity contribution in [1.29, 1.82) is 0 Å². The fourth-order valence-electron chi connectivity index (χ4n) is 2.77. The minimum absolute atomic E-state index is 0.0122. The molecule has 1 aromatic carbocycles. The lowest BCUT2D eigenvalue weighted by Crippen LogP contribution is -2.41. The summed E-state index contributed by atoms with van der Waals surface area (Å²) in [4.78, 5) is 40.0. The van der Waals surface area contributed by atoms with Crippen molar-refractivity contribution in [2.45, 2.75) is 6.54 Å². The van der Waals surface area contributed by atoms with Crippen LogP contribution in [0, 0.1) is 0 Å². The number of aromatic hydroxyl groups is 1. The van der Waals surface area contributed by atoms with E-state index in [1.807, 2.05) is 0 Å². The third-order valence-corrected chi connectivity index (χ3v) is 3.95. The van der Waals surface area contributed by atoms with Crippen LogP contribution in [0.25, 0.3) is 10.9 Å². The van der Waals surface area contributed by atoms with Gasteiger partial charge in [0.2, 0.25) is 0 Å². The zero-order chi connectivity index (χ0) is 20.7. The van der Waals surface area contributed by atoms with E-state index in [2.05, 4.69) is 4.98 Å². The molecule has 1 heterocycles. The predicted molar refractivity (Wildman–Crippen MR) is 98.0 cm³/mol. The van der Waals surface area contributed by atoms with Gasteiger partial charge >= 0.3 is 17.9 Å². The van der Waals surface area contributed by atoms with Gasteiger partial charge < -0.3 is 20.4 Å². The van der Waals surface area contributed by atoms with Crippen LogP contribution in [-0.4, -0.2) is 85.8 Å². The number of carboxylic acid groups (broad SMARTS) is 3. The predicted octanol–water partition coefficient (Wildman–Crippen LogP) is 0.298. The van der Waals surface area contributed by atoms with Crippen molar-refractivity contribution in [2.75, 3.05) is 32.7 Å². The number of fused-ring (bicyclic) bond motifs is 1. The molecule has 10 heteroatoms. The minimum Gasteiger partial charge on any atom is -0.506 e. The number of benzene rings is 1. The van der Waals surface area contributed by atoms with E-state index >= 15 is 0 Å². The quantitative estimate of drug-likeness (QED) is 0.421. The van der Waals surface area contributed by atoms with Crippen LogP contribution in [0.1, 0.15) is 5.69 Å². The molecule has 0 bridgehead atoms. The van der Waals surface area contributed by atoms with E-state index in [0.29, 0.717) is 11.2 Å². The minimum atomic E-state index is -1.17. The molecule has 2 aromatic rings. The summed E-state index contributed by atoms with van der Waals surface area (Å²) in [6.07, 6.45) is 0. The Kier molecular flexibility index (Phi) is 7.24. The fraction of sp³-hybridized carbons (Fsp3) is 0.333. The van der Waals surface area contributed by atoms with Gasteiger partial charge in [0.1, 0.15) is 11.3 Å². The third kappa shape index (κ3) is 6.49. The number of hydrogen-bond acceptors (Lipinski definition) is 7. The number of carboxylic acids is 3. The maximum atomic E-state index is 11.2. The van der Waals surface area contributed by atoms with Crippen molar-refractivity contribution < 1.29 is 34.8 Å². The average molecular weight is 391 g/mol. The molecule has 0 spiro atoms. The van der Waals surface area contributed by atoms with Gasteiger partial charge in [0, 0.05) is 25.0 Å². The Balaban J connectivity index is 2.12. The second-order valence-corrected chi connectivity index (χ2v) is 6.25. The molecule has 0 unspecified atom stereocenters. The number of aliphatic carboxylic acids is 3. The van der Waals surface area contributed by atoms with Gasteiger partial charge in [-0.05, 0) is 12.1 Å². The van der Waals surface area contributed by atoms with Crippen LogP contribution in [0.3, 0.4) is 0 Å². The largest absolute Gasteiger partial charge is 0.506 e. The van der Waals surface area contributed by atoms with Crippen molar-refractivity contribution in [3.8, 4) is 5.75 Å². The Morgan fingerprint density at radius 2 is 1.39 bits per heavy atom. The number of pyridine rings is 1. The van der Waals surface area contributed by atoms with Gasteiger partial charge in [0.25, 0.3) is 0 Å². The fourth-order valence-corrected chi connectivity index (χ4v) is 2.77. The summed E-state index contributed by atoms with van der Waals surface area (Å²) in [5.74, 6) is -3.40. The van der Waals surface area contributed by atoms with Crippen molar-refractivity contribution in [3.63, 3.8) is 0 Å². The standard InChI is InChI=1S/C18H21N3O7/c22-14-3-1-2-12-4-5-13(19-18(12)14)8-20(9-15(23)24)6-7-21(10-16(25)26)11-17(27)28/h1-5,22H,6-11H2,(H,23,24)(H,25,26)(H,27,28). The maximum Gasteiger partial charge on any atom is 0.317 e. The summed E-state index contributed by atoms with van der Waals surface area (Å²) >= 11 is 0. The summed E-state index contributed by atoms with van der Waals surface area (Å²) < 4.78 is 0. The number of para-hydroxylation sites is 1. The lowest BCUT2D eigenvalue weighted by atomic mass is 10.2. The van der Waals surface area contributed by atoms with E-state index in [9.17, 15) is 19.5 Å². The average Bonchev–Trinajstić information content (AvgIpc) is 2.59. The SMILES string of the molecule is O=C(O)CN(CCN(CC(=O)O)Cc1ccc2cccc(O)c2n1)CC(=O)O. The molecule has 0 amide bonds. The van der Waals surface area contributed by atoms with E-state index in [1.165, 1.54) is 15.9 Å². The summed E-state index contributed by atoms with van der Waals surface area (Å²) in [6.45, 7) is -0.915. The normalized spacial score (nSPS) is 11.2. The van der Waals surface area contributed by atoms with Crippen molar-refractivity contribution >= 4 is 28.8 Å². The first kappa shape index (κ1) is 21.1. The molecule has 0 aliphatic heterocycles. The second-order valence-electron chi connectivity index (χ2n) is 6.25. The lowest BCUT2D eigenvalue weighted by Gasteiger charge is -2.24. The first-order valence-corrected chi connectivity index (χ1v) is 8.42. The summed E-state index contributed by atoms with van der Waals surface area (Å²) in [5.41, 5.74) is 0.923. The van der Waals surface area contributed by atoms with E-state index in [0.717, 1.165) is 5.39 Å². The van der Waals surface area contributed by atoms with Crippen LogP contribution in [0.4, 0.5) is 0 Å². The molecule has 28 heavy (non-hydrogen) atoms. The van der Waals surface area contributed by atoms with Gasteiger partial charge in [0.05, 0.1) is 25.3 Å². The second kappa shape index (κ2) is 9.62. The highest BCUT2D eigenvalue weighted by Gasteiger charge is 2.17. The molecule has 0 saturated carbocycles. The molecule has 0 saturated heterocycles. The molecule has 10 nitrogen and oxygen atoms in total. The Morgan fingerprint density at radius 1 is 0.821 bits per heavy atom. The summed E-state index contributed by atoms with van der Waals surface area (Å²) in [5, 5.41) is 37.6. The molecule has 0 fully saturated rings. The smallest absolute Gasteiger partial charge is 0.317 e. The van der Waals surface area contributed by atoms with Gasteiger partial charge in [-0.25, -0.2) is 4.98 Å². The molecule has 1 aromatic heterocycles. The maximum absolute atomic E-state index is 11.2. The molecule has 150 valence electrons. The molecular formula is C18H21N3O7. The molecule has 0 radical (unpaired) electrons.